The van der Waals surface area contributed by atoms with Crippen LogP contribution in [0, 0.1) is 6.92 Å². The van der Waals surface area contributed by atoms with E-state index < -0.39 is 12.7 Å². The van der Waals surface area contributed by atoms with Crippen LogP contribution in [0.3, 0.4) is 0 Å². The van der Waals surface area contributed by atoms with Gasteiger partial charge in [0.1, 0.15) is 11.3 Å². The second kappa shape index (κ2) is 3.80. The lowest BCUT2D eigenvalue weighted by Gasteiger charge is -2.05. The fraction of sp³-hybridized carbons (Fsp3) is 0.429. The molecular formula is C7H9ClN2O2. The first-order chi connectivity index (χ1) is 5.63. The van der Waals surface area contributed by atoms with Crippen LogP contribution < -0.4 is 0 Å². The lowest BCUT2D eigenvalue weighted by molar-refractivity contribution is 0.0884. The van der Waals surface area contributed by atoms with Gasteiger partial charge in [-0.2, -0.15) is 0 Å². The van der Waals surface area contributed by atoms with Gasteiger partial charge in [-0.1, -0.05) is 11.6 Å². The van der Waals surface area contributed by atoms with Crippen LogP contribution in [0.5, 0.6) is 0 Å². The van der Waals surface area contributed by atoms with E-state index >= 15 is 0 Å². The van der Waals surface area contributed by atoms with Crippen molar-refractivity contribution in [2.24, 2.45) is 0 Å². The quantitative estimate of drug-likeness (QED) is 0.662. The van der Waals surface area contributed by atoms with E-state index in [2.05, 4.69) is 9.97 Å². The highest BCUT2D eigenvalue weighted by Crippen LogP contribution is 2.11. The summed E-state index contributed by atoms with van der Waals surface area (Å²) in [6.45, 7) is 1.33. The second-order valence-corrected chi connectivity index (χ2v) is 2.78. The topological polar surface area (TPSA) is 66.2 Å². The third-order valence-corrected chi connectivity index (χ3v) is 1.50. The number of aliphatic hydroxyl groups is 2. The highest BCUT2D eigenvalue weighted by atomic mass is 35.5. The molecule has 1 unspecified atom stereocenters. The Morgan fingerprint density at radius 2 is 2.25 bits per heavy atom. The fourth-order valence-electron chi connectivity index (χ4n) is 0.783. The zero-order chi connectivity index (χ0) is 9.14. The largest absolute Gasteiger partial charge is 0.393 e. The number of rotatable bonds is 2. The normalized spacial score (nSPS) is 13.0. The maximum Gasteiger partial charge on any atom is 0.161 e. The standard InChI is InChI=1S/C7H9ClN2O2/c1-4-2-6(8)10-7(9-4)5(12)3-11/h2,5,11-12H,3H2,1H3. The van der Waals surface area contributed by atoms with E-state index in [0.717, 1.165) is 0 Å². The molecule has 2 N–H and O–H groups in total. The Morgan fingerprint density at radius 3 is 2.75 bits per heavy atom. The lowest BCUT2D eigenvalue weighted by Crippen LogP contribution is -2.08. The number of hydrogen-bond acceptors (Lipinski definition) is 4. The Hall–Kier alpha value is -0.710. The van der Waals surface area contributed by atoms with Gasteiger partial charge >= 0.3 is 0 Å². The maximum absolute atomic E-state index is 9.14. The van der Waals surface area contributed by atoms with Gasteiger partial charge in [0, 0.05) is 5.69 Å². The first-order valence-electron chi connectivity index (χ1n) is 3.43. The fourth-order valence-corrected chi connectivity index (χ4v) is 1.03. The third kappa shape index (κ3) is 2.14. The molecule has 0 saturated heterocycles. The van der Waals surface area contributed by atoms with Crippen LogP contribution in [-0.4, -0.2) is 26.8 Å². The molecule has 5 heteroatoms. The Morgan fingerprint density at radius 1 is 1.58 bits per heavy atom. The number of aromatic nitrogens is 2. The molecular weight excluding hydrogens is 180 g/mol. The van der Waals surface area contributed by atoms with Crippen molar-refractivity contribution >= 4 is 11.6 Å². The van der Waals surface area contributed by atoms with Crippen molar-refractivity contribution in [2.75, 3.05) is 6.61 Å². The number of aryl methyl sites for hydroxylation is 1. The van der Waals surface area contributed by atoms with Crippen LogP contribution in [-0.2, 0) is 0 Å². The number of aliphatic hydroxyl groups excluding tert-OH is 2. The van der Waals surface area contributed by atoms with Crippen LogP contribution in [0.25, 0.3) is 0 Å². The van der Waals surface area contributed by atoms with E-state index in [1.807, 2.05) is 0 Å². The van der Waals surface area contributed by atoms with E-state index in [1.54, 1.807) is 13.0 Å². The Bertz CT molecular complexity index is 260. The first-order valence-corrected chi connectivity index (χ1v) is 3.81. The molecule has 12 heavy (non-hydrogen) atoms. The molecule has 0 spiro atoms. The minimum absolute atomic E-state index is 0.155. The van der Waals surface area contributed by atoms with E-state index in [9.17, 15) is 0 Å². The summed E-state index contributed by atoms with van der Waals surface area (Å²) < 4.78 is 0. The number of hydrogen-bond donors (Lipinski definition) is 2. The molecule has 0 aliphatic carbocycles. The number of halogens is 1. The van der Waals surface area contributed by atoms with Crippen molar-refractivity contribution in [3.8, 4) is 0 Å². The molecule has 0 saturated carbocycles. The minimum Gasteiger partial charge on any atom is -0.393 e. The summed E-state index contributed by atoms with van der Waals surface area (Å²) in [6.07, 6.45) is -1.05. The van der Waals surface area contributed by atoms with Gasteiger partial charge in [0.05, 0.1) is 6.61 Å². The summed E-state index contributed by atoms with van der Waals surface area (Å²) in [5, 5.41) is 18.0. The summed E-state index contributed by atoms with van der Waals surface area (Å²) in [7, 11) is 0. The van der Waals surface area contributed by atoms with Crippen LogP contribution in [0.4, 0.5) is 0 Å². The Balaban J connectivity index is 3.00. The van der Waals surface area contributed by atoms with E-state index in [1.165, 1.54) is 0 Å². The molecule has 4 nitrogen and oxygen atoms in total. The van der Waals surface area contributed by atoms with Gasteiger partial charge in [0.2, 0.25) is 0 Å². The third-order valence-electron chi connectivity index (χ3n) is 1.31. The summed E-state index contributed by atoms with van der Waals surface area (Å²) in [5.41, 5.74) is 0.664. The molecule has 0 fully saturated rings. The van der Waals surface area contributed by atoms with E-state index in [4.69, 9.17) is 21.8 Å². The molecule has 0 aliphatic rings. The summed E-state index contributed by atoms with van der Waals surface area (Å²) in [4.78, 5) is 7.65. The first kappa shape index (κ1) is 9.38. The Kier molecular flexibility index (Phi) is 2.97. The molecule has 0 aromatic carbocycles. The van der Waals surface area contributed by atoms with Crippen LogP contribution in [0.1, 0.15) is 17.6 Å². The van der Waals surface area contributed by atoms with E-state index in [-0.39, 0.29) is 11.0 Å². The van der Waals surface area contributed by atoms with Gasteiger partial charge in [-0.3, -0.25) is 0 Å². The monoisotopic (exact) mass is 188 g/mol. The minimum atomic E-state index is -1.05. The van der Waals surface area contributed by atoms with Gasteiger partial charge in [-0.25, -0.2) is 9.97 Å². The molecule has 1 aromatic rings. The number of nitrogens with zero attached hydrogens (tertiary/aromatic N) is 2. The van der Waals surface area contributed by atoms with Crippen LogP contribution in [0.2, 0.25) is 5.15 Å². The molecule has 0 aliphatic heterocycles. The zero-order valence-corrected chi connectivity index (χ0v) is 7.28. The molecule has 1 heterocycles. The molecule has 1 aromatic heterocycles. The Labute approximate surface area is 74.9 Å². The van der Waals surface area contributed by atoms with Crippen molar-refractivity contribution in [1.29, 1.82) is 0 Å². The van der Waals surface area contributed by atoms with Gasteiger partial charge in [-0.15, -0.1) is 0 Å². The summed E-state index contributed by atoms with van der Waals surface area (Å²) >= 11 is 5.61. The van der Waals surface area contributed by atoms with Crippen molar-refractivity contribution in [1.82, 2.24) is 9.97 Å². The van der Waals surface area contributed by atoms with Gasteiger partial charge in [0.15, 0.2) is 5.82 Å². The summed E-state index contributed by atoms with van der Waals surface area (Å²) in [6, 6.07) is 1.58. The van der Waals surface area contributed by atoms with E-state index in [0.29, 0.717) is 5.69 Å². The van der Waals surface area contributed by atoms with Crippen molar-refractivity contribution in [3.05, 3.63) is 22.7 Å². The second-order valence-electron chi connectivity index (χ2n) is 2.39. The predicted octanol–water partition coefficient (Wildman–Crippen LogP) is 0.464. The van der Waals surface area contributed by atoms with Gasteiger partial charge in [-0.05, 0) is 13.0 Å². The highest BCUT2D eigenvalue weighted by molar-refractivity contribution is 6.29. The molecule has 0 bridgehead atoms. The SMILES string of the molecule is Cc1cc(Cl)nc(C(O)CO)n1. The van der Waals surface area contributed by atoms with Crippen LogP contribution in [0.15, 0.2) is 6.07 Å². The lowest BCUT2D eigenvalue weighted by atomic mass is 10.3. The van der Waals surface area contributed by atoms with Crippen molar-refractivity contribution < 1.29 is 10.2 Å². The summed E-state index contributed by atoms with van der Waals surface area (Å²) in [5.74, 6) is 0.155. The van der Waals surface area contributed by atoms with Crippen LogP contribution >= 0.6 is 11.6 Å². The average molecular weight is 189 g/mol. The molecule has 1 atom stereocenters. The zero-order valence-electron chi connectivity index (χ0n) is 6.53. The predicted molar refractivity (Wildman–Crippen MR) is 43.8 cm³/mol. The maximum atomic E-state index is 9.14. The smallest absolute Gasteiger partial charge is 0.161 e. The van der Waals surface area contributed by atoms with Crippen molar-refractivity contribution in [3.63, 3.8) is 0 Å². The molecule has 1 rings (SSSR count). The molecule has 0 radical (unpaired) electrons. The van der Waals surface area contributed by atoms with Gasteiger partial charge in [0.25, 0.3) is 0 Å². The average Bonchev–Trinajstić information content (AvgIpc) is 2.01. The molecule has 0 amide bonds. The highest BCUT2D eigenvalue weighted by Gasteiger charge is 2.10. The van der Waals surface area contributed by atoms with Gasteiger partial charge < -0.3 is 10.2 Å². The molecule has 66 valence electrons. The van der Waals surface area contributed by atoms with Crippen molar-refractivity contribution in [2.45, 2.75) is 13.0 Å².